The first-order valence-electron chi connectivity index (χ1n) is 5.62. The fraction of sp³-hybridized carbons (Fsp3) is 0.231. The zero-order chi connectivity index (χ0) is 13.1. The van der Waals surface area contributed by atoms with Crippen LogP contribution in [-0.4, -0.2) is 17.0 Å². The Morgan fingerprint density at radius 2 is 2.11 bits per heavy atom. The molecule has 0 saturated heterocycles. The zero-order valence-electron chi connectivity index (χ0n) is 10.3. The summed E-state index contributed by atoms with van der Waals surface area (Å²) in [5.74, 6) is 0.0464. The third-order valence-electron chi connectivity index (χ3n) is 2.93. The van der Waals surface area contributed by atoms with E-state index in [1.54, 1.807) is 25.5 Å². The van der Waals surface area contributed by atoms with Crippen molar-refractivity contribution >= 4 is 5.82 Å². The summed E-state index contributed by atoms with van der Waals surface area (Å²) in [5, 5.41) is 3.07. The Labute approximate surface area is 105 Å². The minimum Gasteiger partial charge on any atom is -0.383 e. The van der Waals surface area contributed by atoms with Gasteiger partial charge in [0.1, 0.15) is 11.6 Å². The molecule has 0 aromatic carbocycles. The highest BCUT2D eigenvalue weighted by atomic mass is 19.1. The Bertz CT molecular complexity index is 536. The molecule has 1 atom stereocenters. The first-order chi connectivity index (χ1) is 8.65. The van der Waals surface area contributed by atoms with Gasteiger partial charge in [-0.3, -0.25) is 4.98 Å². The van der Waals surface area contributed by atoms with Crippen LogP contribution in [0, 0.1) is 12.7 Å². The van der Waals surface area contributed by atoms with Gasteiger partial charge in [-0.2, -0.15) is 0 Å². The number of pyridine rings is 2. The number of hydrogen-bond donors (Lipinski definition) is 2. The first kappa shape index (κ1) is 12.4. The number of aryl methyl sites for hydroxylation is 1. The van der Waals surface area contributed by atoms with Gasteiger partial charge in [0.2, 0.25) is 0 Å². The van der Waals surface area contributed by atoms with Gasteiger partial charge in [0.15, 0.2) is 0 Å². The van der Waals surface area contributed by atoms with E-state index >= 15 is 0 Å². The maximum absolute atomic E-state index is 13.8. The van der Waals surface area contributed by atoms with Crippen LogP contribution >= 0.6 is 0 Å². The molecule has 0 aliphatic carbocycles. The van der Waals surface area contributed by atoms with Gasteiger partial charge in [0.05, 0.1) is 12.2 Å². The quantitative estimate of drug-likeness (QED) is 0.867. The van der Waals surface area contributed by atoms with Crippen molar-refractivity contribution in [3.8, 4) is 0 Å². The number of nitrogens with one attached hydrogen (secondary N) is 1. The Morgan fingerprint density at radius 3 is 2.72 bits per heavy atom. The summed E-state index contributed by atoms with van der Waals surface area (Å²) < 4.78 is 13.8. The molecule has 0 aliphatic heterocycles. The summed E-state index contributed by atoms with van der Waals surface area (Å²) in [6.45, 7) is 1.93. The molecule has 1 unspecified atom stereocenters. The lowest BCUT2D eigenvalue weighted by Crippen LogP contribution is -2.21. The van der Waals surface area contributed by atoms with E-state index in [2.05, 4.69) is 15.3 Å². The van der Waals surface area contributed by atoms with E-state index < -0.39 is 0 Å². The lowest BCUT2D eigenvalue weighted by atomic mass is 9.96. The van der Waals surface area contributed by atoms with Gasteiger partial charge >= 0.3 is 0 Å². The minimum absolute atomic E-state index is 0.332. The van der Waals surface area contributed by atoms with E-state index in [4.69, 9.17) is 5.73 Å². The largest absolute Gasteiger partial charge is 0.383 e. The third kappa shape index (κ3) is 2.17. The summed E-state index contributed by atoms with van der Waals surface area (Å²) in [4.78, 5) is 7.81. The smallest absolute Gasteiger partial charge is 0.146 e. The number of hydrogen-bond acceptors (Lipinski definition) is 4. The van der Waals surface area contributed by atoms with E-state index in [9.17, 15) is 4.39 Å². The molecule has 5 heteroatoms. The van der Waals surface area contributed by atoms with E-state index in [0.717, 1.165) is 11.1 Å². The fourth-order valence-electron chi connectivity index (χ4n) is 2.04. The highest BCUT2D eigenvalue weighted by Gasteiger charge is 2.20. The third-order valence-corrected chi connectivity index (χ3v) is 2.93. The molecular weight excluding hydrogens is 231 g/mol. The minimum atomic E-state index is -0.362. The number of nitrogens with two attached hydrogens (primary N) is 1. The van der Waals surface area contributed by atoms with Crippen molar-refractivity contribution in [3.63, 3.8) is 0 Å². The predicted molar refractivity (Wildman–Crippen MR) is 68.5 cm³/mol. The van der Waals surface area contributed by atoms with E-state index in [-0.39, 0.29) is 11.9 Å². The first-order valence-corrected chi connectivity index (χ1v) is 5.62. The number of rotatable bonds is 3. The van der Waals surface area contributed by atoms with Crippen molar-refractivity contribution in [1.29, 1.82) is 0 Å². The zero-order valence-corrected chi connectivity index (χ0v) is 10.3. The second kappa shape index (κ2) is 5.10. The van der Waals surface area contributed by atoms with Crippen LogP contribution in [0.25, 0.3) is 0 Å². The van der Waals surface area contributed by atoms with Crippen LogP contribution in [0.3, 0.4) is 0 Å². The average molecular weight is 246 g/mol. The Kier molecular flexibility index (Phi) is 3.53. The Balaban J connectivity index is 2.56. The normalized spacial score (nSPS) is 12.4. The molecule has 94 valence electrons. The lowest BCUT2D eigenvalue weighted by molar-refractivity contribution is 0.570. The van der Waals surface area contributed by atoms with E-state index in [1.165, 1.54) is 6.20 Å². The van der Waals surface area contributed by atoms with Crippen molar-refractivity contribution in [2.45, 2.75) is 13.0 Å². The van der Waals surface area contributed by atoms with Crippen molar-refractivity contribution in [2.75, 3.05) is 12.8 Å². The van der Waals surface area contributed by atoms with Crippen LogP contribution in [0.4, 0.5) is 10.2 Å². The summed E-state index contributed by atoms with van der Waals surface area (Å²) in [6, 6.07) is 3.17. The highest BCUT2D eigenvalue weighted by Crippen LogP contribution is 2.29. The molecule has 0 bridgehead atoms. The van der Waals surface area contributed by atoms with Gasteiger partial charge in [-0.1, -0.05) is 0 Å². The summed E-state index contributed by atoms with van der Waals surface area (Å²) in [7, 11) is 1.76. The number of halogens is 1. The lowest BCUT2D eigenvalue weighted by Gasteiger charge is -2.20. The number of anilines is 1. The number of nitrogen functional groups attached to an aromatic ring is 1. The summed E-state index contributed by atoms with van der Waals surface area (Å²) in [5.41, 5.74) is 8.17. The van der Waals surface area contributed by atoms with Crippen LogP contribution in [-0.2, 0) is 0 Å². The molecule has 0 spiro atoms. The molecule has 2 rings (SSSR count). The van der Waals surface area contributed by atoms with Crippen LogP contribution < -0.4 is 11.1 Å². The molecule has 0 fully saturated rings. The van der Waals surface area contributed by atoms with Crippen molar-refractivity contribution < 1.29 is 4.39 Å². The van der Waals surface area contributed by atoms with Gasteiger partial charge in [-0.15, -0.1) is 0 Å². The predicted octanol–water partition coefficient (Wildman–Crippen LogP) is 1.82. The average Bonchev–Trinajstić information content (AvgIpc) is 2.35. The molecule has 0 aliphatic rings. The van der Waals surface area contributed by atoms with Gasteiger partial charge in [-0.05, 0) is 31.7 Å². The molecule has 2 heterocycles. The van der Waals surface area contributed by atoms with Crippen molar-refractivity contribution in [1.82, 2.24) is 15.3 Å². The fourth-order valence-corrected chi connectivity index (χ4v) is 2.04. The van der Waals surface area contributed by atoms with Crippen LogP contribution in [0.1, 0.15) is 22.7 Å². The molecular formula is C13H15FN4. The molecule has 0 amide bonds. The molecule has 18 heavy (non-hydrogen) atoms. The maximum Gasteiger partial charge on any atom is 0.146 e. The van der Waals surface area contributed by atoms with E-state index in [1.807, 2.05) is 13.0 Å². The molecule has 0 saturated carbocycles. The topological polar surface area (TPSA) is 63.8 Å². The standard InChI is InChI=1S/C13H15FN4/c1-8-3-6-18-13(15)11(8)12(16-2)9-4-5-17-7-10(9)14/h3-7,12,16H,1-2H3,(H2,15,18). The molecule has 2 aromatic heterocycles. The second-order valence-corrected chi connectivity index (χ2v) is 4.05. The van der Waals surface area contributed by atoms with Crippen LogP contribution in [0.2, 0.25) is 0 Å². The van der Waals surface area contributed by atoms with Gasteiger partial charge in [-0.25, -0.2) is 9.37 Å². The molecule has 2 aromatic rings. The molecule has 3 N–H and O–H groups in total. The SMILES string of the molecule is CNC(c1ccncc1F)c1c(C)ccnc1N. The summed E-state index contributed by atoms with van der Waals surface area (Å²) >= 11 is 0. The number of aromatic nitrogens is 2. The Hall–Kier alpha value is -2.01. The maximum atomic E-state index is 13.8. The van der Waals surface area contributed by atoms with Gasteiger partial charge in [0, 0.05) is 23.5 Å². The van der Waals surface area contributed by atoms with Crippen LogP contribution in [0.5, 0.6) is 0 Å². The van der Waals surface area contributed by atoms with E-state index in [0.29, 0.717) is 11.4 Å². The second-order valence-electron chi connectivity index (χ2n) is 4.05. The summed E-state index contributed by atoms with van der Waals surface area (Å²) in [6.07, 6.45) is 4.40. The van der Waals surface area contributed by atoms with Crippen molar-refractivity contribution in [2.24, 2.45) is 0 Å². The highest BCUT2D eigenvalue weighted by molar-refractivity contribution is 5.49. The van der Waals surface area contributed by atoms with Crippen LogP contribution in [0.15, 0.2) is 30.7 Å². The monoisotopic (exact) mass is 246 g/mol. The number of nitrogens with zero attached hydrogens (tertiary/aromatic N) is 2. The molecule has 4 nitrogen and oxygen atoms in total. The van der Waals surface area contributed by atoms with Crippen molar-refractivity contribution in [3.05, 3.63) is 53.2 Å². The van der Waals surface area contributed by atoms with Gasteiger partial charge in [0.25, 0.3) is 0 Å². The Morgan fingerprint density at radius 1 is 1.33 bits per heavy atom. The molecule has 0 radical (unpaired) electrons. The van der Waals surface area contributed by atoms with Gasteiger partial charge < -0.3 is 11.1 Å².